The lowest BCUT2D eigenvalue weighted by atomic mass is 10.1. The van der Waals surface area contributed by atoms with Gasteiger partial charge < -0.3 is 15.0 Å². The third kappa shape index (κ3) is 5.83. The zero-order chi connectivity index (χ0) is 17.4. The van der Waals surface area contributed by atoms with Gasteiger partial charge in [-0.15, -0.1) is 0 Å². The highest BCUT2D eigenvalue weighted by Gasteiger charge is 2.16. The third-order valence-electron chi connectivity index (χ3n) is 4.03. The van der Waals surface area contributed by atoms with E-state index >= 15 is 0 Å². The Morgan fingerprint density at radius 3 is 2.54 bits per heavy atom. The Balaban J connectivity index is 1.62. The maximum absolute atomic E-state index is 12.1. The first-order valence-electron chi connectivity index (χ1n) is 8.37. The number of nitrogens with zero attached hydrogens (tertiary/aromatic N) is 1. The second-order valence-electron chi connectivity index (χ2n) is 5.96. The summed E-state index contributed by atoms with van der Waals surface area (Å²) in [7, 11) is 0. The van der Waals surface area contributed by atoms with Crippen molar-refractivity contribution in [1.82, 2.24) is 4.90 Å². The van der Waals surface area contributed by atoms with E-state index in [4.69, 9.17) is 4.74 Å². The molecule has 1 aromatic rings. The molecule has 1 aliphatic heterocycles. The topological polar surface area (TPSA) is 58.6 Å². The van der Waals surface area contributed by atoms with Crippen molar-refractivity contribution >= 4 is 29.3 Å². The van der Waals surface area contributed by atoms with Crippen LogP contribution in [0.2, 0.25) is 0 Å². The first kappa shape index (κ1) is 18.8. The van der Waals surface area contributed by atoms with Crippen molar-refractivity contribution in [3.63, 3.8) is 0 Å². The van der Waals surface area contributed by atoms with Gasteiger partial charge in [-0.3, -0.25) is 9.59 Å². The van der Waals surface area contributed by atoms with E-state index in [9.17, 15) is 9.59 Å². The average Bonchev–Trinajstić information content (AvgIpc) is 2.58. The molecular weight excluding hydrogens is 324 g/mol. The van der Waals surface area contributed by atoms with Crippen molar-refractivity contribution in [2.45, 2.75) is 26.7 Å². The maximum atomic E-state index is 12.1. The number of hydrogen-bond acceptors (Lipinski definition) is 4. The van der Waals surface area contributed by atoms with Crippen LogP contribution in [-0.4, -0.2) is 54.5 Å². The van der Waals surface area contributed by atoms with Crippen LogP contribution in [0.15, 0.2) is 18.2 Å². The van der Waals surface area contributed by atoms with Gasteiger partial charge in [-0.2, -0.15) is 11.8 Å². The fourth-order valence-electron chi connectivity index (χ4n) is 2.61. The highest BCUT2D eigenvalue weighted by atomic mass is 32.2. The normalized spacial score (nSPS) is 14.5. The number of carbonyl (C=O) groups excluding carboxylic acids is 2. The van der Waals surface area contributed by atoms with Gasteiger partial charge in [0.05, 0.1) is 19.0 Å². The van der Waals surface area contributed by atoms with E-state index in [1.165, 1.54) is 0 Å². The third-order valence-corrected chi connectivity index (χ3v) is 5.06. The molecule has 1 aliphatic rings. The molecule has 1 fully saturated rings. The number of thioether (sulfide) groups is 1. The van der Waals surface area contributed by atoms with E-state index in [-0.39, 0.29) is 11.8 Å². The Labute approximate surface area is 148 Å². The SMILES string of the molecule is Cc1cccc(C)c1NC(=O)CCCSCC(=O)N1CCOCC1. The summed E-state index contributed by atoms with van der Waals surface area (Å²) in [6.07, 6.45) is 1.25. The number of para-hydroxylation sites is 1. The molecule has 132 valence electrons. The maximum Gasteiger partial charge on any atom is 0.232 e. The van der Waals surface area contributed by atoms with Crippen LogP contribution in [0.4, 0.5) is 5.69 Å². The first-order valence-corrected chi connectivity index (χ1v) is 9.52. The highest BCUT2D eigenvalue weighted by molar-refractivity contribution is 7.99. The van der Waals surface area contributed by atoms with Crippen LogP contribution < -0.4 is 5.32 Å². The molecule has 1 aromatic carbocycles. The summed E-state index contributed by atoms with van der Waals surface area (Å²) in [5.41, 5.74) is 3.07. The summed E-state index contributed by atoms with van der Waals surface area (Å²) >= 11 is 1.60. The lowest BCUT2D eigenvalue weighted by Crippen LogP contribution is -2.41. The van der Waals surface area contributed by atoms with Crippen LogP contribution >= 0.6 is 11.8 Å². The Hall–Kier alpha value is -1.53. The summed E-state index contributed by atoms with van der Waals surface area (Å²) in [4.78, 5) is 25.9. The highest BCUT2D eigenvalue weighted by Crippen LogP contribution is 2.19. The molecule has 0 radical (unpaired) electrons. The number of hydrogen-bond donors (Lipinski definition) is 1. The summed E-state index contributed by atoms with van der Waals surface area (Å²) < 4.78 is 5.24. The predicted octanol–water partition coefficient (Wildman–Crippen LogP) is 2.61. The number of anilines is 1. The van der Waals surface area contributed by atoms with Gasteiger partial charge in [0.25, 0.3) is 0 Å². The molecule has 2 amide bonds. The van der Waals surface area contributed by atoms with Crippen LogP contribution in [0.3, 0.4) is 0 Å². The Morgan fingerprint density at radius 1 is 1.21 bits per heavy atom. The summed E-state index contributed by atoms with van der Waals surface area (Å²) in [5, 5.41) is 2.99. The Morgan fingerprint density at radius 2 is 1.88 bits per heavy atom. The largest absolute Gasteiger partial charge is 0.378 e. The average molecular weight is 350 g/mol. The zero-order valence-corrected chi connectivity index (χ0v) is 15.3. The molecule has 5 nitrogen and oxygen atoms in total. The zero-order valence-electron chi connectivity index (χ0n) is 14.5. The molecule has 1 saturated heterocycles. The molecule has 0 atom stereocenters. The fraction of sp³-hybridized carbons (Fsp3) is 0.556. The van der Waals surface area contributed by atoms with Gasteiger partial charge in [0.15, 0.2) is 0 Å². The quantitative estimate of drug-likeness (QED) is 0.768. The Kier molecular flexibility index (Phi) is 7.59. The molecule has 2 rings (SSSR count). The van der Waals surface area contributed by atoms with Gasteiger partial charge >= 0.3 is 0 Å². The molecule has 0 bridgehead atoms. The van der Waals surface area contributed by atoms with Gasteiger partial charge in [0.2, 0.25) is 11.8 Å². The number of nitrogens with one attached hydrogen (secondary N) is 1. The van der Waals surface area contributed by atoms with Crippen molar-refractivity contribution in [2.75, 3.05) is 43.1 Å². The molecule has 1 N–H and O–H groups in total. The molecule has 0 aliphatic carbocycles. The first-order chi connectivity index (χ1) is 11.6. The lowest BCUT2D eigenvalue weighted by Gasteiger charge is -2.26. The molecule has 0 spiro atoms. The number of ether oxygens (including phenoxy) is 1. The number of morpholine rings is 1. The van der Waals surface area contributed by atoms with Crippen molar-refractivity contribution in [3.05, 3.63) is 29.3 Å². The second-order valence-corrected chi connectivity index (χ2v) is 7.07. The Bertz CT molecular complexity index is 551. The van der Waals surface area contributed by atoms with Crippen LogP contribution in [0.5, 0.6) is 0 Å². The minimum Gasteiger partial charge on any atom is -0.378 e. The number of rotatable bonds is 7. The minimum atomic E-state index is 0.0347. The van der Waals surface area contributed by atoms with E-state index in [1.807, 2.05) is 36.9 Å². The van der Waals surface area contributed by atoms with Crippen LogP contribution in [0.1, 0.15) is 24.0 Å². The number of aryl methyl sites for hydroxylation is 2. The predicted molar refractivity (Wildman–Crippen MR) is 98.5 cm³/mol. The molecule has 0 saturated carbocycles. The van der Waals surface area contributed by atoms with Crippen LogP contribution in [0.25, 0.3) is 0 Å². The number of benzene rings is 1. The van der Waals surface area contributed by atoms with Crippen molar-refractivity contribution < 1.29 is 14.3 Å². The van der Waals surface area contributed by atoms with E-state index in [2.05, 4.69) is 5.32 Å². The van der Waals surface area contributed by atoms with E-state index < -0.39 is 0 Å². The van der Waals surface area contributed by atoms with Crippen molar-refractivity contribution in [3.8, 4) is 0 Å². The van der Waals surface area contributed by atoms with Crippen molar-refractivity contribution in [1.29, 1.82) is 0 Å². The molecule has 24 heavy (non-hydrogen) atoms. The van der Waals surface area contributed by atoms with E-state index in [0.717, 1.165) is 29.0 Å². The molecule has 0 unspecified atom stereocenters. The van der Waals surface area contributed by atoms with Gasteiger partial charge in [-0.05, 0) is 37.1 Å². The summed E-state index contributed by atoms with van der Waals surface area (Å²) in [6, 6.07) is 5.98. The number of amides is 2. The molecule has 6 heteroatoms. The standard InChI is InChI=1S/C18H26N2O3S/c1-14-5-3-6-15(2)18(14)19-16(21)7-4-12-24-13-17(22)20-8-10-23-11-9-20/h3,5-6H,4,7-13H2,1-2H3,(H,19,21). The number of carbonyl (C=O) groups is 2. The van der Waals surface area contributed by atoms with E-state index in [0.29, 0.717) is 38.5 Å². The van der Waals surface area contributed by atoms with Crippen LogP contribution in [-0.2, 0) is 14.3 Å². The second kappa shape index (κ2) is 9.69. The minimum absolute atomic E-state index is 0.0347. The van der Waals surface area contributed by atoms with Gasteiger partial charge in [-0.25, -0.2) is 0 Å². The molecule has 1 heterocycles. The fourth-order valence-corrected chi connectivity index (χ4v) is 3.46. The monoisotopic (exact) mass is 350 g/mol. The van der Waals surface area contributed by atoms with Gasteiger partial charge in [0, 0.05) is 25.2 Å². The van der Waals surface area contributed by atoms with Gasteiger partial charge in [-0.1, -0.05) is 18.2 Å². The molecule has 0 aromatic heterocycles. The van der Waals surface area contributed by atoms with Crippen LogP contribution in [0, 0.1) is 13.8 Å². The summed E-state index contributed by atoms with van der Waals surface area (Å²) in [6.45, 7) is 6.64. The smallest absolute Gasteiger partial charge is 0.232 e. The lowest BCUT2D eigenvalue weighted by molar-refractivity contribution is -0.132. The summed E-state index contributed by atoms with van der Waals surface area (Å²) in [5.74, 6) is 1.50. The molecular formula is C18H26N2O3S. The van der Waals surface area contributed by atoms with Gasteiger partial charge in [0.1, 0.15) is 0 Å². The van der Waals surface area contributed by atoms with E-state index in [1.54, 1.807) is 11.8 Å². The van der Waals surface area contributed by atoms with Crippen molar-refractivity contribution in [2.24, 2.45) is 0 Å².